The van der Waals surface area contributed by atoms with Crippen molar-refractivity contribution < 1.29 is 9.84 Å². The van der Waals surface area contributed by atoms with Crippen LogP contribution in [0.2, 0.25) is 0 Å². The first kappa shape index (κ1) is 14.7. The van der Waals surface area contributed by atoms with Crippen LogP contribution in [0.1, 0.15) is 34.1 Å². The van der Waals surface area contributed by atoms with Crippen molar-refractivity contribution in [1.82, 2.24) is 0 Å². The Labute approximate surface area is 97.6 Å². The summed E-state index contributed by atoms with van der Waals surface area (Å²) in [5, 5.41) is 10.8. The Morgan fingerprint density at radius 1 is 1.53 bits per heavy atom. The maximum Gasteiger partial charge on any atom is 0.106 e. The van der Waals surface area contributed by atoms with E-state index in [1.807, 2.05) is 33.8 Å². The van der Waals surface area contributed by atoms with Crippen molar-refractivity contribution in [2.24, 2.45) is 0 Å². The third-order valence-electron chi connectivity index (χ3n) is 2.57. The molecule has 0 radical (unpaired) electrons. The van der Waals surface area contributed by atoms with Crippen LogP contribution in [0.3, 0.4) is 0 Å². The van der Waals surface area contributed by atoms with E-state index in [4.69, 9.17) is 16.3 Å². The summed E-state index contributed by atoms with van der Waals surface area (Å²) in [5.74, 6) is 0. The van der Waals surface area contributed by atoms with Gasteiger partial charge in [0.15, 0.2) is 0 Å². The minimum Gasteiger partial charge on any atom is -0.386 e. The molecule has 0 bridgehead atoms. The lowest BCUT2D eigenvalue weighted by molar-refractivity contribution is 0.0196. The van der Waals surface area contributed by atoms with Crippen molar-refractivity contribution >= 4 is 11.6 Å². The molecule has 0 spiro atoms. The van der Waals surface area contributed by atoms with Crippen LogP contribution in [0.15, 0.2) is 22.3 Å². The summed E-state index contributed by atoms with van der Waals surface area (Å²) >= 11 is 6.12. The van der Waals surface area contributed by atoms with Gasteiger partial charge in [-0.05, 0) is 32.8 Å². The highest BCUT2D eigenvalue weighted by molar-refractivity contribution is 6.30. The van der Waals surface area contributed by atoms with E-state index in [9.17, 15) is 5.11 Å². The van der Waals surface area contributed by atoms with Crippen LogP contribution in [0.4, 0.5) is 0 Å². The maximum atomic E-state index is 10.1. The fourth-order valence-electron chi connectivity index (χ4n) is 1.32. The number of allylic oxidation sites excluding steroid dienone is 2. The van der Waals surface area contributed by atoms with Gasteiger partial charge in [0.05, 0.1) is 6.10 Å². The summed E-state index contributed by atoms with van der Waals surface area (Å²) in [7, 11) is 1.58. The predicted molar refractivity (Wildman–Crippen MR) is 65.1 cm³/mol. The van der Waals surface area contributed by atoms with Crippen LogP contribution in [-0.2, 0) is 4.74 Å². The Morgan fingerprint density at radius 3 is 2.40 bits per heavy atom. The second-order valence-corrected chi connectivity index (χ2v) is 3.99. The molecule has 3 heteroatoms. The van der Waals surface area contributed by atoms with E-state index in [1.165, 1.54) is 0 Å². The molecule has 2 nitrogen and oxygen atoms in total. The minimum absolute atomic E-state index is 0.254. The van der Waals surface area contributed by atoms with E-state index in [0.717, 1.165) is 17.6 Å². The smallest absolute Gasteiger partial charge is 0.106 e. The number of rotatable bonds is 5. The Balaban J connectivity index is 5.14. The summed E-state index contributed by atoms with van der Waals surface area (Å²) in [4.78, 5) is 0. The molecule has 0 fully saturated rings. The van der Waals surface area contributed by atoms with E-state index < -0.39 is 6.10 Å². The van der Waals surface area contributed by atoms with Gasteiger partial charge in [0, 0.05) is 17.7 Å². The number of hydrogen-bond acceptors (Lipinski definition) is 2. The molecule has 2 atom stereocenters. The van der Waals surface area contributed by atoms with Crippen molar-refractivity contribution in [2.75, 3.05) is 7.11 Å². The number of halogens is 1. The van der Waals surface area contributed by atoms with Gasteiger partial charge < -0.3 is 9.84 Å². The standard InChI is InChI=1S/C12H21ClO2/c1-6-8(3)11(10(13)7-2)12(14)9(4)15-5/h6,9,12,14H,7H2,1-5H3/b8-6-,11-10-/t9-,12+/m0/s1. The van der Waals surface area contributed by atoms with Crippen molar-refractivity contribution in [1.29, 1.82) is 0 Å². The van der Waals surface area contributed by atoms with Crippen molar-refractivity contribution in [3.05, 3.63) is 22.3 Å². The average molecular weight is 233 g/mol. The lowest BCUT2D eigenvalue weighted by Gasteiger charge is -2.22. The van der Waals surface area contributed by atoms with Crippen LogP contribution in [0.25, 0.3) is 0 Å². The summed E-state index contributed by atoms with van der Waals surface area (Å²) in [6.45, 7) is 7.67. The van der Waals surface area contributed by atoms with Gasteiger partial charge in [0.2, 0.25) is 0 Å². The summed E-state index contributed by atoms with van der Waals surface area (Å²) in [6, 6.07) is 0. The molecule has 15 heavy (non-hydrogen) atoms. The molecule has 0 amide bonds. The van der Waals surface area contributed by atoms with E-state index in [2.05, 4.69) is 0 Å². The topological polar surface area (TPSA) is 29.5 Å². The molecule has 0 aromatic heterocycles. The summed E-state index contributed by atoms with van der Waals surface area (Å²) < 4.78 is 5.11. The van der Waals surface area contributed by atoms with Gasteiger partial charge in [0.25, 0.3) is 0 Å². The summed E-state index contributed by atoms with van der Waals surface area (Å²) in [6.07, 6.45) is 1.74. The lowest BCUT2D eigenvalue weighted by Crippen LogP contribution is -2.28. The van der Waals surface area contributed by atoms with Gasteiger partial charge in [-0.2, -0.15) is 0 Å². The third-order valence-corrected chi connectivity index (χ3v) is 3.04. The monoisotopic (exact) mass is 232 g/mol. The molecule has 0 aromatic rings. The van der Waals surface area contributed by atoms with Crippen molar-refractivity contribution in [3.63, 3.8) is 0 Å². The fourth-order valence-corrected chi connectivity index (χ4v) is 1.58. The average Bonchev–Trinajstić information content (AvgIpc) is 2.27. The highest BCUT2D eigenvalue weighted by atomic mass is 35.5. The molecule has 0 aliphatic carbocycles. The molecule has 0 aromatic carbocycles. The normalized spacial score (nSPS) is 18.5. The molecule has 0 saturated heterocycles. The number of aliphatic hydroxyl groups excluding tert-OH is 1. The van der Waals surface area contributed by atoms with Gasteiger partial charge in [-0.3, -0.25) is 0 Å². The fraction of sp³-hybridized carbons (Fsp3) is 0.667. The van der Waals surface area contributed by atoms with Crippen LogP contribution >= 0.6 is 11.6 Å². The Kier molecular flexibility index (Phi) is 6.90. The Hall–Kier alpha value is -0.310. The highest BCUT2D eigenvalue weighted by Gasteiger charge is 2.21. The molecule has 0 aliphatic heterocycles. The third kappa shape index (κ3) is 3.98. The molecule has 0 rings (SSSR count). The van der Waals surface area contributed by atoms with Gasteiger partial charge in [-0.1, -0.05) is 24.6 Å². The van der Waals surface area contributed by atoms with Crippen LogP contribution in [0, 0.1) is 0 Å². The first-order valence-electron chi connectivity index (χ1n) is 5.22. The zero-order valence-corrected chi connectivity index (χ0v) is 10.9. The van der Waals surface area contributed by atoms with Gasteiger partial charge in [-0.25, -0.2) is 0 Å². The molecule has 1 N–H and O–H groups in total. The zero-order chi connectivity index (χ0) is 12.0. The molecule has 0 saturated carbocycles. The van der Waals surface area contributed by atoms with Crippen LogP contribution < -0.4 is 0 Å². The molecule has 0 aliphatic rings. The van der Waals surface area contributed by atoms with E-state index >= 15 is 0 Å². The lowest BCUT2D eigenvalue weighted by atomic mass is 9.97. The van der Waals surface area contributed by atoms with E-state index in [0.29, 0.717) is 5.03 Å². The van der Waals surface area contributed by atoms with E-state index in [1.54, 1.807) is 7.11 Å². The Bertz CT molecular complexity index is 256. The SMILES string of the molecule is C/C=C(C)\C(=C(\Cl)CC)[C@H](O)[C@H](C)OC. The largest absolute Gasteiger partial charge is 0.386 e. The molecular weight excluding hydrogens is 212 g/mol. The van der Waals surface area contributed by atoms with Crippen LogP contribution in [0.5, 0.6) is 0 Å². The van der Waals surface area contributed by atoms with E-state index in [-0.39, 0.29) is 6.10 Å². The molecular formula is C12H21ClO2. The number of hydrogen-bond donors (Lipinski definition) is 1. The molecule has 0 heterocycles. The summed E-state index contributed by atoms with van der Waals surface area (Å²) in [5.41, 5.74) is 1.79. The van der Waals surface area contributed by atoms with Crippen molar-refractivity contribution in [3.8, 4) is 0 Å². The van der Waals surface area contributed by atoms with Gasteiger partial charge in [-0.15, -0.1) is 0 Å². The second-order valence-electron chi connectivity index (χ2n) is 3.53. The quantitative estimate of drug-likeness (QED) is 0.738. The minimum atomic E-state index is -0.668. The number of ether oxygens (including phenoxy) is 1. The van der Waals surface area contributed by atoms with Gasteiger partial charge in [0.1, 0.15) is 6.10 Å². The molecule has 0 unspecified atom stereocenters. The van der Waals surface area contributed by atoms with Crippen molar-refractivity contribution in [2.45, 2.75) is 46.3 Å². The second kappa shape index (κ2) is 7.04. The first-order valence-corrected chi connectivity index (χ1v) is 5.60. The predicted octanol–water partition coefficient (Wildman–Crippen LogP) is 3.25. The zero-order valence-electron chi connectivity index (χ0n) is 10.2. The number of methoxy groups -OCH3 is 1. The number of aliphatic hydroxyl groups is 1. The molecule has 88 valence electrons. The highest BCUT2D eigenvalue weighted by Crippen LogP contribution is 2.26. The Morgan fingerprint density at radius 2 is 2.07 bits per heavy atom. The van der Waals surface area contributed by atoms with Crippen LogP contribution in [-0.4, -0.2) is 24.4 Å². The first-order chi connectivity index (χ1) is 6.99. The maximum absolute atomic E-state index is 10.1. The van der Waals surface area contributed by atoms with Gasteiger partial charge >= 0.3 is 0 Å².